The monoisotopic (exact) mass is 468 g/mol. The van der Waals surface area contributed by atoms with Crippen molar-refractivity contribution in [3.63, 3.8) is 0 Å². The van der Waals surface area contributed by atoms with Gasteiger partial charge in [-0.1, -0.05) is 6.92 Å². The minimum Gasteiger partial charge on any atom is -0.483 e. The summed E-state index contributed by atoms with van der Waals surface area (Å²) in [6.07, 6.45) is 1.90. The van der Waals surface area contributed by atoms with Gasteiger partial charge in [-0.3, -0.25) is 14.6 Å². The number of nitrogens with one attached hydrogen (secondary N) is 4. The second-order valence-corrected chi connectivity index (χ2v) is 6.80. The molecule has 0 atom stereocenters. The fraction of sp³-hybridized carbons (Fsp3) is 0.136. The van der Waals surface area contributed by atoms with Crippen molar-refractivity contribution in [3.8, 4) is 0 Å². The quantitative estimate of drug-likeness (QED) is 0.256. The summed E-state index contributed by atoms with van der Waals surface area (Å²) in [4.78, 5) is 42.3. The molecule has 2 heterocycles. The van der Waals surface area contributed by atoms with Gasteiger partial charge in [0.05, 0.1) is 11.7 Å². The maximum atomic E-state index is 14.2. The molecule has 0 saturated heterocycles. The fourth-order valence-corrected chi connectivity index (χ4v) is 2.86. The Bertz CT molecular complexity index is 1340. The van der Waals surface area contributed by atoms with Gasteiger partial charge >= 0.3 is 5.76 Å². The SMILES string of the molecule is CCCNC(=O)c1ccc(Nc2ncc(F)c(Nc3ccc4oc(=O)[nH]c4c3)n2)cc1.O=CO. The van der Waals surface area contributed by atoms with Crippen LogP contribution in [0.4, 0.5) is 27.5 Å². The zero-order chi connectivity index (χ0) is 24.5. The number of aromatic amines is 1. The highest BCUT2D eigenvalue weighted by Gasteiger charge is 2.10. The largest absolute Gasteiger partial charge is 0.483 e. The molecule has 2 aromatic heterocycles. The summed E-state index contributed by atoms with van der Waals surface area (Å²) in [5.74, 6) is -1.23. The molecule has 0 radical (unpaired) electrons. The Balaban J connectivity index is 0.00000103. The average Bonchev–Trinajstić information content (AvgIpc) is 3.20. The minimum atomic E-state index is -0.644. The molecule has 0 spiro atoms. The number of aromatic nitrogens is 3. The fourth-order valence-electron chi connectivity index (χ4n) is 2.86. The normalized spacial score (nSPS) is 10.2. The number of carboxylic acid groups (broad SMARTS) is 1. The second-order valence-electron chi connectivity index (χ2n) is 6.80. The Morgan fingerprint density at radius 2 is 1.88 bits per heavy atom. The van der Waals surface area contributed by atoms with Gasteiger partial charge in [0, 0.05) is 23.5 Å². The number of nitrogens with zero attached hydrogens (tertiary/aromatic N) is 2. The first-order chi connectivity index (χ1) is 16.4. The molecule has 2 aromatic carbocycles. The number of carbonyl (C=O) groups is 2. The molecule has 1 amide bonds. The second kappa shape index (κ2) is 11.2. The summed E-state index contributed by atoms with van der Waals surface area (Å²) < 4.78 is 19.2. The first-order valence-electron chi connectivity index (χ1n) is 10.1. The van der Waals surface area contributed by atoms with Gasteiger partial charge < -0.3 is 25.5 Å². The van der Waals surface area contributed by atoms with E-state index < -0.39 is 11.6 Å². The molecule has 34 heavy (non-hydrogen) atoms. The number of H-pyrrole nitrogens is 1. The van der Waals surface area contributed by atoms with E-state index in [-0.39, 0.29) is 24.1 Å². The number of hydrogen-bond acceptors (Lipinski definition) is 8. The highest BCUT2D eigenvalue weighted by atomic mass is 19.1. The summed E-state index contributed by atoms with van der Waals surface area (Å²) in [5, 5.41) is 15.5. The molecule has 0 bridgehead atoms. The zero-order valence-corrected chi connectivity index (χ0v) is 18.0. The molecule has 0 unspecified atom stereocenters. The van der Waals surface area contributed by atoms with E-state index in [0.29, 0.717) is 34.6 Å². The lowest BCUT2D eigenvalue weighted by molar-refractivity contribution is -0.122. The maximum absolute atomic E-state index is 14.2. The third kappa shape index (κ3) is 6.16. The van der Waals surface area contributed by atoms with Gasteiger partial charge in [0.2, 0.25) is 5.95 Å². The summed E-state index contributed by atoms with van der Waals surface area (Å²) in [6, 6.07) is 11.6. The van der Waals surface area contributed by atoms with E-state index in [1.807, 2.05) is 6.92 Å². The van der Waals surface area contributed by atoms with Gasteiger partial charge in [-0.25, -0.2) is 14.2 Å². The summed E-state index contributed by atoms with van der Waals surface area (Å²) >= 11 is 0. The zero-order valence-electron chi connectivity index (χ0n) is 18.0. The van der Waals surface area contributed by atoms with Gasteiger partial charge in [0.1, 0.15) is 0 Å². The molecule has 5 N–H and O–H groups in total. The first-order valence-corrected chi connectivity index (χ1v) is 10.1. The number of oxazole rings is 1. The molecule has 0 aliphatic carbocycles. The van der Waals surface area contributed by atoms with Gasteiger partial charge in [-0.05, 0) is 48.9 Å². The van der Waals surface area contributed by atoms with Crippen LogP contribution in [0.25, 0.3) is 11.1 Å². The highest BCUT2D eigenvalue weighted by Crippen LogP contribution is 2.23. The van der Waals surface area contributed by atoms with E-state index in [1.165, 1.54) is 0 Å². The van der Waals surface area contributed by atoms with E-state index in [1.54, 1.807) is 42.5 Å². The van der Waals surface area contributed by atoms with Gasteiger partial charge in [-0.15, -0.1) is 0 Å². The van der Waals surface area contributed by atoms with Gasteiger partial charge in [0.25, 0.3) is 12.4 Å². The Morgan fingerprint density at radius 1 is 1.18 bits per heavy atom. The summed E-state index contributed by atoms with van der Waals surface area (Å²) in [6.45, 7) is 2.34. The van der Waals surface area contributed by atoms with Crippen molar-refractivity contribution in [2.75, 3.05) is 17.2 Å². The molecule has 0 fully saturated rings. The van der Waals surface area contributed by atoms with Gasteiger partial charge in [0.15, 0.2) is 17.2 Å². The average molecular weight is 468 g/mol. The lowest BCUT2D eigenvalue weighted by atomic mass is 10.2. The Morgan fingerprint density at radius 3 is 2.59 bits per heavy atom. The molecule has 4 rings (SSSR count). The maximum Gasteiger partial charge on any atom is 0.417 e. The third-order valence-electron chi connectivity index (χ3n) is 4.36. The Hall–Kier alpha value is -4.74. The van der Waals surface area contributed by atoms with Gasteiger partial charge in [-0.2, -0.15) is 4.98 Å². The van der Waals surface area contributed by atoms with Crippen LogP contribution in [0.15, 0.2) is 57.9 Å². The molecule has 0 aliphatic heterocycles. The van der Waals surface area contributed by atoms with Crippen LogP contribution < -0.4 is 21.7 Å². The number of anilines is 4. The van der Waals surface area contributed by atoms with Crippen LogP contribution in [0, 0.1) is 5.82 Å². The number of amides is 1. The number of carbonyl (C=O) groups excluding carboxylic acids is 1. The first kappa shape index (κ1) is 23.9. The summed E-state index contributed by atoms with van der Waals surface area (Å²) in [5.41, 5.74) is 2.56. The van der Waals surface area contributed by atoms with E-state index >= 15 is 0 Å². The van der Waals surface area contributed by atoms with Crippen LogP contribution in [-0.4, -0.2) is 39.0 Å². The van der Waals surface area contributed by atoms with E-state index in [0.717, 1.165) is 12.6 Å². The van der Waals surface area contributed by atoms with Crippen molar-refractivity contribution in [1.29, 1.82) is 0 Å². The molecule has 4 aromatic rings. The third-order valence-corrected chi connectivity index (χ3v) is 4.36. The number of hydrogen-bond donors (Lipinski definition) is 5. The predicted octanol–water partition coefficient (Wildman–Crippen LogP) is 3.38. The topological polar surface area (TPSA) is 162 Å². The molecule has 11 nitrogen and oxygen atoms in total. The predicted molar refractivity (Wildman–Crippen MR) is 123 cm³/mol. The van der Waals surface area contributed by atoms with Crippen molar-refractivity contribution in [2.24, 2.45) is 0 Å². The smallest absolute Gasteiger partial charge is 0.417 e. The highest BCUT2D eigenvalue weighted by molar-refractivity contribution is 5.94. The van der Waals surface area contributed by atoms with Crippen molar-refractivity contribution >= 4 is 46.6 Å². The lowest BCUT2D eigenvalue weighted by Crippen LogP contribution is -2.23. The van der Waals surface area contributed by atoms with E-state index in [9.17, 15) is 14.0 Å². The van der Waals surface area contributed by atoms with E-state index in [2.05, 4.69) is 30.9 Å². The van der Waals surface area contributed by atoms with E-state index in [4.69, 9.17) is 14.3 Å². The molecule has 0 saturated carbocycles. The summed E-state index contributed by atoms with van der Waals surface area (Å²) in [7, 11) is 0. The molecule has 176 valence electrons. The van der Waals surface area contributed by atoms with Crippen LogP contribution in [0.5, 0.6) is 0 Å². The number of fused-ring (bicyclic) bond motifs is 1. The van der Waals surface area contributed by atoms with Crippen LogP contribution >= 0.6 is 0 Å². The molecular weight excluding hydrogens is 447 g/mol. The Labute approximate surface area is 192 Å². The number of halogens is 1. The molecular formula is C22H21FN6O5. The molecule has 0 aliphatic rings. The van der Waals surface area contributed by atoms with Crippen LogP contribution in [0.3, 0.4) is 0 Å². The molecule has 12 heteroatoms. The van der Waals surface area contributed by atoms with Crippen LogP contribution in [-0.2, 0) is 4.79 Å². The Kier molecular flexibility index (Phi) is 7.89. The van der Waals surface area contributed by atoms with Crippen molar-refractivity contribution in [1.82, 2.24) is 20.3 Å². The van der Waals surface area contributed by atoms with Crippen LogP contribution in [0.2, 0.25) is 0 Å². The van der Waals surface area contributed by atoms with Crippen molar-refractivity contribution < 1.29 is 23.5 Å². The number of benzene rings is 2. The lowest BCUT2D eigenvalue weighted by Gasteiger charge is -2.10. The van der Waals surface area contributed by atoms with Crippen molar-refractivity contribution in [2.45, 2.75) is 13.3 Å². The van der Waals surface area contributed by atoms with Crippen LogP contribution in [0.1, 0.15) is 23.7 Å². The number of rotatable bonds is 7. The van der Waals surface area contributed by atoms with Crippen molar-refractivity contribution in [3.05, 3.63) is 70.6 Å². The standard InChI is InChI=1S/C21H19FN6O3.CH2O2/c1-2-9-23-19(29)12-3-5-13(6-4-12)26-20-24-11-15(22)18(28-20)25-14-7-8-17-16(10-14)27-21(30)31-17;2-1-3/h3-8,10-11H,2,9H2,1H3,(H,23,29)(H,27,30)(H2,24,25,26,28);1H,(H,2,3). The minimum absolute atomic E-state index is 0.0433.